The summed E-state index contributed by atoms with van der Waals surface area (Å²) in [7, 11) is 0. The number of nitrogens with two attached hydrogens (primary N) is 1. The van der Waals surface area contributed by atoms with E-state index in [4.69, 9.17) is 5.73 Å². The maximum absolute atomic E-state index is 10.9. The monoisotopic (exact) mass is 184 g/mol. The zero-order valence-electron chi connectivity index (χ0n) is 8.62. The zero-order chi connectivity index (χ0) is 9.84. The summed E-state index contributed by atoms with van der Waals surface area (Å²) in [5.41, 5.74) is 5.25. The van der Waals surface area contributed by atoms with Gasteiger partial charge in [0, 0.05) is 0 Å². The molecule has 1 atom stereocenters. The highest BCUT2D eigenvalue weighted by molar-refractivity contribution is 5.79. The molecular weight excluding hydrogens is 164 g/mol. The summed E-state index contributed by atoms with van der Waals surface area (Å²) in [5, 5.41) is 0. The Labute approximate surface area is 80.3 Å². The predicted octanol–water partition coefficient (Wildman–Crippen LogP) is 0.982. The van der Waals surface area contributed by atoms with Crippen molar-refractivity contribution in [3.8, 4) is 0 Å². The van der Waals surface area contributed by atoms with Gasteiger partial charge in [-0.25, -0.2) is 0 Å². The van der Waals surface area contributed by atoms with Crippen LogP contribution in [0.25, 0.3) is 0 Å². The molecule has 1 unspecified atom stereocenters. The zero-order valence-corrected chi connectivity index (χ0v) is 8.62. The summed E-state index contributed by atoms with van der Waals surface area (Å²) in [6.07, 6.45) is 3.70. The molecule has 0 aliphatic carbocycles. The lowest BCUT2D eigenvalue weighted by Gasteiger charge is -2.34. The Hall–Kier alpha value is -0.570. The number of carbonyl (C=O) groups is 1. The third-order valence-electron chi connectivity index (χ3n) is 3.19. The van der Waals surface area contributed by atoms with E-state index in [9.17, 15) is 4.79 Å². The highest BCUT2D eigenvalue weighted by atomic mass is 16.1. The van der Waals surface area contributed by atoms with Crippen LogP contribution in [0.3, 0.4) is 0 Å². The van der Waals surface area contributed by atoms with Crippen LogP contribution in [-0.4, -0.2) is 29.9 Å². The van der Waals surface area contributed by atoms with E-state index in [0.717, 1.165) is 19.0 Å². The highest BCUT2D eigenvalue weighted by Crippen LogP contribution is 2.21. The average molecular weight is 184 g/mol. The van der Waals surface area contributed by atoms with Gasteiger partial charge in [-0.05, 0) is 38.8 Å². The molecule has 3 heteroatoms. The fourth-order valence-electron chi connectivity index (χ4n) is 1.93. The van der Waals surface area contributed by atoms with Gasteiger partial charge in [0.15, 0.2) is 0 Å². The maximum atomic E-state index is 10.9. The van der Waals surface area contributed by atoms with Crippen LogP contribution in [0.2, 0.25) is 0 Å². The van der Waals surface area contributed by atoms with Crippen molar-refractivity contribution in [1.29, 1.82) is 0 Å². The van der Waals surface area contributed by atoms with Gasteiger partial charge in [0.25, 0.3) is 0 Å². The van der Waals surface area contributed by atoms with Crippen LogP contribution < -0.4 is 5.73 Å². The van der Waals surface area contributed by atoms with E-state index < -0.39 is 0 Å². The lowest BCUT2D eigenvalue weighted by molar-refractivity contribution is -0.123. The van der Waals surface area contributed by atoms with Crippen LogP contribution in [0.15, 0.2) is 0 Å². The molecule has 3 nitrogen and oxygen atoms in total. The first-order valence-corrected chi connectivity index (χ1v) is 5.18. The van der Waals surface area contributed by atoms with Gasteiger partial charge in [0.05, 0.1) is 6.04 Å². The van der Waals surface area contributed by atoms with E-state index in [1.165, 1.54) is 19.3 Å². The van der Waals surface area contributed by atoms with Crippen molar-refractivity contribution < 1.29 is 4.79 Å². The molecular formula is C10H20N2O. The first-order valence-electron chi connectivity index (χ1n) is 5.18. The number of carbonyl (C=O) groups excluding carboxylic acids is 1. The minimum Gasteiger partial charge on any atom is -0.368 e. The van der Waals surface area contributed by atoms with Gasteiger partial charge in [-0.2, -0.15) is 0 Å². The Morgan fingerprint density at radius 2 is 2.08 bits per heavy atom. The van der Waals surface area contributed by atoms with Gasteiger partial charge in [-0.15, -0.1) is 0 Å². The summed E-state index contributed by atoms with van der Waals surface area (Å²) in [6.45, 7) is 6.19. The van der Waals surface area contributed by atoms with Gasteiger partial charge in [0.2, 0.25) is 5.91 Å². The molecule has 0 radical (unpaired) electrons. The molecule has 2 N–H and O–H groups in total. The first kappa shape index (κ1) is 10.5. The van der Waals surface area contributed by atoms with Crippen LogP contribution in [0.1, 0.15) is 33.1 Å². The van der Waals surface area contributed by atoms with E-state index in [0.29, 0.717) is 0 Å². The Balaban J connectivity index is 2.36. The van der Waals surface area contributed by atoms with Crippen LogP contribution >= 0.6 is 0 Å². The molecule has 1 heterocycles. The van der Waals surface area contributed by atoms with E-state index in [1.807, 2.05) is 6.92 Å². The summed E-state index contributed by atoms with van der Waals surface area (Å²) in [4.78, 5) is 13.1. The predicted molar refractivity (Wildman–Crippen MR) is 53.2 cm³/mol. The molecule has 1 saturated heterocycles. The van der Waals surface area contributed by atoms with E-state index in [2.05, 4.69) is 11.8 Å². The topological polar surface area (TPSA) is 46.3 Å². The molecule has 0 saturated carbocycles. The summed E-state index contributed by atoms with van der Waals surface area (Å²) < 4.78 is 0. The van der Waals surface area contributed by atoms with Crippen LogP contribution in [0.5, 0.6) is 0 Å². The lowest BCUT2D eigenvalue weighted by atomic mass is 9.93. The third-order valence-corrected chi connectivity index (χ3v) is 3.19. The maximum Gasteiger partial charge on any atom is 0.234 e. The standard InChI is InChI=1S/C10H20N2O/c1-3-9-4-6-12(7-5-9)8(2)10(11)13/h8-9H,3-7H2,1-2H3,(H2,11,13). The van der Waals surface area contributed by atoms with Crippen molar-refractivity contribution >= 4 is 5.91 Å². The SMILES string of the molecule is CCC1CCN(C(C)C(N)=O)CC1. The van der Waals surface area contributed by atoms with Crippen LogP contribution in [0, 0.1) is 5.92 Å². The van der Waals surface area contributed by atoms with Crippen molar-refractivity contribution in [3.63, 3.8) is 0 Å². The first-order chi connectivity index (χ1) is 6.15. The molecule has 0 aromatic rings. The Morgan fingerprint density at radius 1 is 1.54 bits per heavy atom. The van der Waals surface area contributed by atoms with Crippen molar-refractivity contribution in [1.82, 2.24) is 4.90 Å². The van der Waals surface area contributed by atoms with Gasteiger partial charge in [-0.3, -0.25) is 9.69 Å². The van der Waals surface area contributed by atoms with Crippen molar-refractivity contribution in [2.75, 3.05) is 13.1 Å². The van der Waals surface area contributed by atoms with Gasteiger partial charge in [0.1, 0.15) is 0 Å². The number of likely N-dealkylation sites (tertiary alicyclic amines) is 1. The largest absolute Gasteiger partial charge is 0.368 e. The molecule has 76 valence electrons. The summed E-state index contributed by atoms with van der Waals surface area (Å²) in [5.74, 6) is 0.659. The number of amides is 1. The minimum absolute atomic E-state index is 0.0854. The summed E-state index contributed by atoms with van der Waals surface area (Å²) in [6, 6.07) is -0.0854. The van der Waals surface area contributed by atoms with Crippen molar-refractivity contribution in [3.05, 3.63) is 0 Å². The molecule has 0 bridgehead atoms. The molecule has 1 rings (SSSR count). The molecule has 0 aromatic heterocycles. The molecule has 0 aromatic carbocycles. The fourth-order valence-corrected chi connectivity index (χ4v) is 1.93. The molecule has 1 amide bonds. The number of nitrogens with zero attached hydrogens (tertiary/aromatic N) is 1. The lowest BCUT2D eigenvalue weighted by Crippen LogP contribution is -2.46. The van der Waals surface area contributed by atoms with Gasteiger partial charge in [-0.1, -0.05) is 13.3 Å². The second kappa shape index (κ2) is 4.61. The smallest absolute Gasteiger partial charge is 0.234 e. The van der Waals surface area contributed by atoms with E-state index in [-0.39, 0.29) is 11.9 Å². The molecule has 1 fully saturated rings. The van der Waals surface area contributed by atoms with E-state index >= 15 is 0 Å². The second-order valence-electron chi connectivity index (χ2n) is 3.97. The quantitative estimate of drug-likeness (QED) is 0.710. The van der Waals surface area contributed by atoms with Crippen molar-refractivity contribution in [2.24, 2.45) is 11.7 Å². The van der Waals surface area contributed by atoms with Crippen LogP contribution in [-0.2, 0) is 4.79 Å². The highest BCUT2D eigenvalue weighted by Gasteiger charge is 2.24. The Bertz CT molecular complexity index is 174. The number of rotatable bonds is 3. The number of primary amides is 1. The molecule has 0 spiro atoms. The third kappa shape index (κ3) is 2.69. The minimum atomic E-state index is -0.199. The Kier molecular flexibility index (Phi) is 3.72. The molecule has 1 aliphatic rings. The molecule has 13 heavy (non-hydrogen) atoms. The van der Waals surface area contributed by atoms with Gasteiger partial charge >= 0.3 is 0 Å². The number of hydrogen-bond donors (Lipinski definition) is 1. The van der Waals surface area contributed by atoms with E-state index in [1.54, 1.807) is 0 Å². The van der Waals surface area contributed by atoms with Gasteiger partial charge < -0.3 is 5.73 Å². The fraction of sp³-hybridized carbons (Fsp3) is 0.900. The number of hydrogen-bond acceptors (Lipinski definition) is 2. The number of piperidine rings is 1. The summed E-state index contributed by atoms with van der Waals surface area (Å²) >= 11 is 0. The average Bonchev–Trinajstić information content (AvgIpc) is 2.17. The second-order valence-corrected chi connectivity index (χ2v) is 3.97. The Morgan fingerprint density at radius 3 is 2.46 bits per heavy atom. The van der Waals surface area contributed by atoms with Crippen LogP contribution in [0.4, 0.5) is 0 Å². The van der Waals surface area contributed by atoms with Crippen molar-refractivity contribution in [2.45, 2.75) is 39.2 Å². The normalized spacial score (nSPS) is 22.9. The molecule has 1 aliphatic heterocycles.